The van der Waals surface area contributed by atoms with E-state index in [-0.39, 0.29) is 11.5 Å². The molecular formula is C33H35N3O3. The van der Waals surface area contributed by atoms with Crippen LogP contribution in [0.4, 0.5) is 0 Å². The second-order valence-corrected chi connectivity index (χ2v) is 9.78. The van der Waals surface area contributed by atoms with Crippen molar-refractivity contribution in [3.8, 4) is 17.2 Å². The summed E-state index contributed by atoms with van der Waals surface area (Å²) in [5.41, 5.74) is 2.98. The first kappa shape index (κ1) is 26.4. The Balaban J connectivity index is 1.28. The molecule has 4 aromatic carbocycles. The zero-order valence-electron chi connectivity index (χ0n) is 22.2. The molecule has 6 nitrogen and oxygen atoms in total. The van der Waals surface area contributed by atoms with Crippen molar-refractivity contribution in [3.05, 3.63) is 102 Å². The van der Waals surface area contributed by atoms with Crippen molar-refractivity contribution in [2.24, 2.45) is 9.98 Å². The molecule has 39 heavy (non-hydrogen) atoms. The molecule has 0 unspecified atom stereocenters. The van der Waals surface area contributed by atoms with Gasteiger partial charge in [0, 0.05) is 35.5 Å². The maximum atomic E-state index is 10.9. The van der Waals surface area contributed by atoms with Gasteiger partial charge in [0.25, 0.3) is 0 Å². The lowest BCUT2D eigenvalue weighted by Crippen LogP contribution is -2.33. The summed E-state index contributed by atoms with van der Waals surface area (Å²) in [5, 5.41) is 23.3. The molecule has 0 saturated carbocycles. The second-order valence-electron chi connectivity index (χ2n) is 9.78. The standard InChI is InChI=1S/C33H35N3O3/c37-31-16-13-25-9-5-6-12-28(25)30(31)24-34-17-18-35-33(26-10-3-1-4-11-26)29-15-14-27(23-32(29)38)39-22-21-36-19-7-2-8-20-36/h1,3-6,9-16,23-24,37-38H,2,7-8,17-22H2. The topological polar surface area (TPSA) is 77.7 Å². The van der Waals surface area contributed by atoms with Crippen LogP contribution >= 0.6 is 0 Å². The normalized spacial score (nSPS) is 14.7. The highest BCUT2D eigenvalue weighted by Gasteiger charge is 2.14. The van der Waals surface area contributed by atoms with Gasteiger partial charge in [-0.15, -0.1) is 0 Å². The zero-order valence-corrected chi connectivity index (χ0v) is 22.2. The van der Waals surface area contributed by atoms with Gasteiger partial charge in [0.15, 0.2) is 0 Å². The summed E-state index contributed by atoms with van der Waals surface area (Å²) in [6, 6.07) is 26.8. The average molecular weight is 522 g/mol. The van der Waals surface area contributed by atoms with Crippen molar-refractivity contribution in [3.63, 3.8) is 0 Å². The highest BCUT2D eigenvalue weighted by molar-refractivity contribution is 6.14. The predicted molar refractivity (Wildman–Crippen MR) is 159 cm³/mol. The van der Waals surface area contributed by atoms with Gasteiger partial charge in [-0.25, -0.2) is 0 Å². The second kappa shape index (κ2) is 13.1. The Kier molecular flexibility index (Phi) is 8.86. The van der Waals surface area contributed by atoms with Gasteiger partial charge in [-0.2, -0.15) is 0 Å². The highest BCUT2D eigenvalue weighted by atomic mass is 16.5. The Morgan fingerprint density at radius 3 is 2.44 bits per heavy atom. The third-order valence-corrected chi connectivity index (χ3v) is 7.06. The summed E-state index contributed by atoms with van der Waals surface area (Å²) in [6.45, 7) is 4.64. The molecule has 1 heterocycles. The van der Waals surface area contributed by atoms with Crippen molar-refractivity contribution in [1.29, 1.82) is 0 Å². The number of phenolic OH excluding ortho intramolecular Hbond substituents is 2. The summed E-state index contributed by atoms with van der Waals surface area (Å²) in [6.07, 6.45) is 5.54. The van der Waals surface area contributed by atoms with Crippen molar-refractivity contribution >= 4 is 22.7 Å². The van der Waals surface area contributed by atoms with E-state index < -0.39 is 0 Å². The summed E-state index contributed by atoms with van der Waals surface area (Å²) in [4.78, 5) is 11.8. The minimum atomic E-state index is 0.136. The minimum absolute atomic E-state index is 0.136. The van der Waals surface area contributed by atoms with Crippen LogP contribution in [0.15, 0.2) is 94.9 Å². The molecule has 5 rings (SSSR count). The van der Waals surface area contributed by atoms with Gasteiger partial charge in [-0.1, -0.05) is 67.1 Å². The molecule has 0 amide bonds. The van der Waals surface area contributed by atoms with E-state index in [1.807, 2.05) is 72.8 Å². The predicted octanol–water partition coefficient (Wildman–Crippen LogP) is 6.07. The summed E-state index contributed by atoms with van der Waals surface area (Å²) in [7, 11) is 0. The molecule has 0 aliphatic carbocycles. The Morgan fingerprint density at radius 1 is 0.821 bits per heavy atom. The fourth-order valence-electron chi connectivity index (χ4n) is 5.00. The molecule has 4 aromatic rings. The number of nitrogens with zero attached hydrogens (tertiary/aromatic N) is 3. The molecule has 0 spiro atoms. The van der Waals surface area contributed by atoms with Crippen molar-refractivity contribution in [2.75, 3.05) is 39.3 Å². The van der Waals surface area contributed by atoms with Gasteiger partial charge in [0.1, 0.15) is 23.9 Å². The van der Waals surface area contributed by atoms with Gasteiger partial charge >= 0.3 is 0 Å². The number of ether oxygens (including phenoxy) is 1. The van der Waals surface area contributed by atoms with E-state index in [4.69, 9.17) is 9.73 Å². The number of hydrogen-bond donors (Lipinski definition) is 2. The fourth-order valence-corrected chi connectivity index (χ4v) is 5.00. The fraction of sp³-hybridized carbons (Fsp3) is 0.273. The first-order valence-electron chi connectivity index (χ1n) is 13.7. The molecule has 200 valence electrons. The van der Waals surface area contributed by atoms with E-state index in [1.165, 1.54) is 19.3 Å². The van der Waals surface area contributed by atoms with Gasteiger partial charge in [0.05, 0.1) is 18.8 Å². The number of piperidine rings is 1. The molecule has 1 aliphatic rings. The number of hydrogen-bond acceptors (Lipinski definition) is 6. The minimum Gasteiger partial charge on any atom is -0.507 e. The number of aromatic hydroxyl groups is 2. The van der Waals surface area contributed by atoms with Crippen molar-refractivity contribution in [1.82, 2.24) is 4.90 Å². The van der Waals surface area contributed by atoms with E-state index >= 15 is 0 Å². The third kappa shape index (κ3) is 6.84. The van der Waals surface area contributed by atoms with Gasteiger partial charge < -0.3 is 14.9 Å². The van der Waals surface area contributed by atoms with Crippen molar-refractivity contribution in [2.45, 2.75) is 19.3 Å². The molecule has 0 aromatic heterocycles. The van der Waals surface area contributed by atoms with Crippen LogP contribution in [-0.4, -0.2) is 66.4 Å². The monoisotopic (exact) mass is 521 g/mol. The van der Waals surface area contributed by atoms with Gasteiger partial charge in [0.2, 0.25) is 0 Å². The SMILES string of the molecule is Oc1cc(OCCN2CCCCC2)ccc1C(=NCCN=Cc1c(O)ccc2ccccc12)c1ccccc1. The van der Waals surface area contributed by atoms with E-state index in [1.54, 1.807) is 18.3 Å². The molecule has 6 heteroatoms. The Bertz CT molecular complexity index is 1440. The summed E-state index contributed by atoms with van der Waals surface area (Å²) < 4.78 is 5.94. The number of aliphatic imine (C=N–C) groups is 2. The summed E-state index contributed by atoms with van der Waals surface area (Å²) >= 11 is 0. The van der Waals surface area contributed by atoms with Crippen LogP contribution in [0.2, 0.25) is 0 Å². The van der Waals surface area contributed by atoms with Crippen LogP contribution in [0.5, 0.6) is 17.2 Å². The Morgan fingerprint density at radius 2 is 1.62 bits per heavy atom. The largest absolute Gasteiger partial charge is 0.507 e. The van der Waals surface area contributed by atoms with Crippen LogP contribution in [0.1, 0.15) is 36.0 Å². The molecular weight excluding hydrogens is 486 g/mol. The lowest BCUT2D eigenvalue weighted by atomic mass is 10.0. The lowest BCUT2D eigenvalue weighted by molar-refractivity contribution is 0.183. The zero-order chi connectivity index (χ0) is 26.9. The van der Waals surface area contributed by atoms with E-state index in [0.29, 0.717) is 42.3 Å². The summed E-state index contributed by atoms with van der Waals surface area (Å²) in [5.74, 6) is 0.992. The number of fused-ring (bicyclic) bond motifs is 1. The molecule has 0 radical (unpaired) electrons. The van der Waals surface area contributed by atoms with Gasteiger partial charge in [-0.3, -0.25) is 14.9 Å². The first-order valence-corrected chi connectivity index (χ1v) is 13.7. The van der Waals surface area contributed by atoms with E-state index in [9.17, 15) is 10.2 Å². The quantitative estimate of drug-likeness (QED) is 0.196. The Labute approximate surface area is 229 Å². The maximum Gasteiger partial charge on any atom is 0.128 e. The number of benzene rings is 4. The van der Waals surface area contributed by atoms with Crippen LogP contribution in [0, 0.1) is 0 Å². The molecule has 1 aliphatic heterocycles. The third-order valence-electron chi connectivity index (χ3n) is 7.06. The average Bonchev–Trinajstić information content (AvgIpc) is 2.97. The van der Waals surface area contributed by atoms with E-state index in [2.05, 4.69) is 9.89 Å². The number of rotatable bonds is 10. The lowest BCUT2D eigenvalue weighted by Gasteiger charge is -2.26. The molecule has 0 atom stereocenters. The molecule has 1 saturated heterocycles. The van der Waals surface area contributed by atoms with E-state index in [0.717, 1.165) is 36.0 Å². The molecule has 0 bridgehead atoms. The number of likely N-dealkylation sites (tertiary alicyclic amines) is 1. The molecule has 1 fully saturated rings. The van der Waals surface area contributed by atoms with Crippen LogP contribution in [0.3, 0.4) is 0 Å². The molecule has 2 N–H and O–H groups in total. The first-order chi connectivity index (χ1) is 19.2. The van der Waals surface area contributed by atoms with Crippen LogP contribution < -0.4 is 4.74 Å². The highest BCUT2D eigenvalue weighted by Crippen LogP contribution is 2.27. The Hall–Kier alpha value is -4.16. The smallest absolute Gasteiger partial charge is 0.128 e. The van der Waals surface area contributed by atoms with Crippen molar-refractivity contribution < 1.29 is 14.9 Å². The van der Waals surface area contributed by atoms with Gasteiger partial charge in [-0.05, 0) is 54.9 Å². The number of phenols is 2. The maximum absolute atomic E-state index is 10.9. The van der Waals surface area contributed by atoms with Crippen LogP contribution in [0.25, 0.3) is 10.8 Å². The van der Waals surface area contributed by atoms with Crippen LogP contribution in [-0.2, 0) is 0 Å².